The lowest BCUT2D eigenvalue weighted by Crippen LogP contribution is -1.94. The molecule has 0 aromatic carbocycles. The topological polar surface area (TPSA) is 57.9 Å². The van der Waals surface area contributed by atoms with Crippen LogP contribution in [-0.4, -0.2) is 16.8 Å². The highest BCUT2D eigenvalue weighted by molar-refractivity contribution is 5.04. The molecule has 0 aliphatic carbocycles. The zero-order chi connectivity index (χ0) is 6.69. The SMILES string of the molecule is CCOc1cc(=O)[nH][nH]1. The van der Waals surface area contributed by atoms with Crippen molar-refractivity contribution in [1.29, 1.82) is 0 Å². The van der Waals surface area contributed by atoms with Gasteiger partial charge in [0.15, 0.2) is 0 Å². The second-order valence-electron chi connectivity index (χ2n) is 1.56. The average Bonchev–Trinajstić information content (AvgIpc) is 2.17. The fraction of sp³-hybridized carbons (Fsp3) is 0.400. The number of hydrogen-bond acceptors (Lipinski definition) is 2. The third kappa shape index (κ3) is 1.35. The van der Waals surface area contributed by atoms with Gasteiger partial charge in [0.2, 0.25) is 5.88 Å². The van der Waals surface area contributed by atoms with E-state index in [0.717, 1.165) is 0 Å². The van der Waals surface area contributed by atoms with Gasteiger partial charge >= 0.3 is 0 Å². The minimum absolute atomic E-state index is 0.168. The number of hydrogen-bond donors (Lipinski definition) is 2. The highest BCUT2D eigenvalue weighted by atomic mass is 16.5. The molecule has 2 N–H and O–H groups in total. The molecule has 0 saturated carbocycles. The van der Waals surface area contributed by atoms with Gasteiger partial charge in [-0.1, -0.05) is 0 Å². The molecule has 0 aliphatic rings. The summed E-state index contributed by atoms with van der Waals surface area (Å²) in [5.74, 6) is 0.488. The molecule has 0 amide bonds. The zero-order valence-electron chi connectivity index (χ0n) is 5.10. The van der Waals surface area contributed by atoms with Crippen LogP contribution in [0.4, 0.5) is 0 Å². The molecule has 0 unspecified atom stereocenters. The van der Waals surface area contributed by atoms with Crippen LogP contribution in [0.15, 0.2) is 10.9 Å². The quantitative estimate of drug-likeness (QED) is 0.593. The van der Waals surface area contributed by atoms with Crippen molar-refractivity contribution in [3.63, 3.8) is 0 Å². The molecule has 0 aliphatic heterocycles. The summed E-state index contributed by atoms with van der Waals surface area (Å²) in [6.07, 6.45) is 0. The Kier molecular flexibility index (Phi) is 1.58. The lowest BCUT2D eigenvalue weighted by Gasteiger charge is -1.93. The van der Waals surface area contributed by atoms with Gasteiger partial charge in [0.25, 0.3) is 5.56 Å². The van der Waals surface area contributed by atoms with Crippen LogP contribution in [0.5, 0.6) is 5.88 Å². The third-order valence-electron chi connectivity index (χ3n) is 0.871. The van der Waals surface area contributed by atoms with Gasteiger partial charge in [-0.2, -0.15) is 0 Å². The maximum atomic E-state index is 10.4. The van der Waals surface area contributed by atoms with Crippen LogP contribution in [0.25, 0.3) is 0 Å². The predicted molar refractivity (Wildman–Crippen MR) is 32.6 cm³/mol. The molecule has 0 fully saturated rings. The number of H-pyrrole nitrogens is 2. The van der Waals surface area contributed by atoms with Gasteiger partial charge in [0.1, 0.15) is 0 Å². The normalized spacial score (nSPS) is 9.44. The summed E-state index contributed by atoms with van der Waals surface area (Å²) in [6.45, 7) is 2.42. The average molecular weight is 128 g/mol. The van der Waals surface area contributed by atoms with Crippen LogP contribution in [0.2, 0.25) is 0 Å². The van der Waals surface area contributed by atoms with Crippen molar-refractivity contribution in [3.8, 4) is 5.88 Å². The first kappa shape index (κ1) is 5.94. The summed E-state index contributed by atoms with van der Waals surface area (Å²) < 4.78 is 4.94. The van der Waals surface area contributed by atoms with Crippen LogP contribution in [0.3, 0.4) is 0 Å². The number of aromatic amines is 2. The Morgan fingerprint density at radius 3 is 2.89 bits per heavy atom. The van der Waals surface area contributed by atoms with Crippen LogP contribution in [0.1, 0.15) is 6.92 Å². The zero-order valence-corrected chi connectivity index (χ0v) is 5.10. The lowest BCUT2D eigenvalue weighted by molar-refractivity contribution is 0.326. The van der Waals surface area contributed by atoms with Crippen molar-refractivity contribution in [1.82, 2.24) is 10.2 Å². The predicted octanol–water partition coefficient (Wildman–Crippen LogP) is 0.102. The third-order valence-corrected chi connectivity index (χ3v) is 0.871. The smallest absolute Gasteiger partial charge is 0.267 e. The maximum Gasteiger partial charge on any atom is 0.267 e. The standard InChI is InChI=1S/C5H8N2O2/c1-2-9-5-3-4(8)6-7-5/h3H,2H2,1H3,(H2,6,7,8). The van der Waals surface area contributed by atoms with Crippen molar-refractivity contribution in [2.75, 3.05) is 6.61 Å². The summed E-state index contributed by atoms with van der Waals surface area (Å²) in [6, 6.07) is 1.36. The molecule has 1 aromatic rings. The number of ether oxygens (including phenoxy) is 1. The summed E-state index contributed by atoms with van der Waals surface area (Å²) in [4.78, 5) is 10.4. The van der Waals surface area contributed by atoms with E-state index in [4.69, 9.17) is 4.74 Å². The first-order chi connectivity index (χ1) is 4.33. The van der Waals surface area contributed by atoms with Crippen LogP contribution in [0, 0.1) is 0 Å². The Labute approximate surface area is 51.8 Å². The largest absolute Gasteiger partial charge is 0.478 e. The van der Waals surface area contributed by atoms with Crippen molar-refractivity contribution >= 4 is 0 Å². The van der Waals surface area contributed by atoms with Gasteiger partial charge in [-0.05, 0) is 6.92 Å². The molecule has 1 rings (SSSR count). The second kappa shape index (κ2) is 2.39. The van der Waals surface area contributed by atoms with Gasteiger partial charge in [0, 0.05) is 0 Å². The monoisotopic (exact) mass is 128 g/mol. The minimum atomic E-state index is -0.168. The fourth-order valence-corrected chi connectivity index (χ4v) is 0.548. The van der Waals surface area contributed by atoms with E-state index in [1.54, 1.807) is 0 Å². The molecule has 1 heterocycles. The van der Waals surface area contributed by atoms with E-state index in [0.29, 0.717) is 12.5 Å². The first-order valence-electron chi connectivity index (χ1n) is 2.73. The Morgan fingerprint density at radius 2 is 2.44 bits per heavy atom. The molecular formula is C5H8N2O2. The molecule has 50 valence electrons. The number of nitrogens with one attached hydrogen (secondary N) is 2. The number of aromatic nitrogens is 2. The number of rotatable bonds is 2. The summed E-state index contributed by atoms with van der Waals surface area (Å²) >= 11 is 0. The van der Waals surface area contributed by atoms with E-state index >= 15 is 0 Å². The van der Waals surface area contributed by atoms with E-state index in [9.17, 15) is 4.79 Å². The maximum absolute atomic E-state index is 10.4. The highest BCUT2D eigenvalue weighted by Gasteiger charge is 1.91. The van der Waals surface area contributed by atoms with Crippen LogP contribution in [-0.2, 0) is 0 Å². The molecule has 9 heavy (non-hydrogen) atoms. The van der Waals surface area contributed by atoms with E-state index in [1.165, 1.54) is 6.07 Å². The first-order valence-corrected chi connectivity index (χ1v) is 2.73. The Morgan fingerprint density at radius 1 is 1.67 bits per heavy atom. The summed E-state index contributed by atoms with van der Waals surface area (Å²) in [5, 5.41) is 4.89. The van der Waals surface area contributed by atoms with Gasteiger partial charge in [-0.15, -0.1) is 0 Å². The molecule has 0 bridgehead atoms. The second-order valence-corrected chi connectivity index (χ2v) is 1.56. The van der Waals surface area contributed by atoms with E-state index in [1.807, 2.05) is 6.92 Å². The Balaban J connectivity index is 2.73. The molecule has 4 heteroatoms. The molecule has 1 aromatic heterocycles. The lowest BCUT2D eigenvalue weighted by atomic mass is 10.7. The minimum Gasteiger partial charge on any atom is -0.478 e. The van der Waals surface area contributed by atoms with Crippen molar-refractivity contribution < 1.29 is 4.74 Å². The molecule has 0 saturated heterocycles. The Bertz CT molecular complexity index is 225. The van der Waals surface area contributed by atoms with Gasteiger partial charge in [-0.25, -0.2) is 0 Å². The van der Waals surface area contributed by atoms with Crippen molar-refractivity contribution in [2.45, 2.75) is 6.92 Å². The molecular weight excluding hydrogens is 120 g/mol. The highest BCUT2D eigenvalue weighted by Crippen LogP contribution is 1.96. The van der Waals surface area contributed by atoms with E-state index in [2.05, 4.69) is 10.2 Å². The molecule has 0 atom stereocenters. The van der Waals surface area contributed by atoms with Crippen LogP contribution >= 0.6 is 0 Å². The molecule has 4 nitrogen and oxygen atoms in total. The molecule has 0 radical (unpaired) electrons. The van der Waals surface area contributed by atoms with Gasteiger partial charge < -0.3 is 4.74 Å². The fourth-order valence-electron chi connectivity index (χ4n) is 0.548. The van der Waals surface area contributed by atoms with Gasteiger partial charge in [-0.3, -0.25) is 15.0 Å². The van der Waals surface area contributed by atoms with E-state index in [-0.39, 0.29) is 5.56 Å². The summed E-state index contributed by atoms with van der Waals surface area (Å²) in [7, 11) is 0. The van der Waals surface area contributed by atoms with E-state index < -0.39 is 0 Å². The van der Waals surface area contributed by atoms with Crippen molar-refractivity contribution in [3.05, 3.63) is 16.4 Å². The summed E-state index contributed by atoms with van der Waals surface area (Å²) in [5.41, 5.74) is -0.168. The Hall–Kier alpha value is -1.19. The molecule has 0 spiro atoms. The van der Waals surface area contributed by atoms with Crippen molar-refractivity contribution in [2.24, 2.45) is 0 Å². The van der Waals surface area contributed by atoms with Crippen LogP contribution < -0.4 is 10.3 Å². The van der Waals surface area contributed by atoms with Gasteiger partial charge in [0.05, 0.1) is 12.7 Å².